The van der Waals surface area contributed by atoms with Crippen LogP contribution in [-0.2, 0) is 16.6 Å². The third kappa shape index (κ3) is 5.64. The summed E-state index contributed by atoms with van der Waals surface area (Å²) in [6.07, 6.45) is 2.37. The van der Waals surface area contributed by atoms with Crippen molar-refractivity contribution in [3.8, 4) is 5.75 Å². The maximum atomic E-state index is 14.2. The molecule has 0 spiro atoms. The highest BCUT2D eigenvalue weighted by Crippen LogP contribution is 2.40. The zero-order valence-electron chi connectivity index (χ0n) is 21.3. The van der Waals surface area contributed by atoms with Gasteiger partial charge in [0.2, 0.25) is 11.5 Å². The highest BCUT2D eigenvalue weighted by molar-refractivity contribution is 6.00. The average molecular weight is 544 g/mol. The number of hydrogen-bond donors (Lipinski definition) is 3. The maximum absolute atomic E-state index is 14.2. The molecule has 2 aromatic carbocycles. The second-order valence-corrected chi connectivity index (χ2v) is 9.18. The van der Waals surface area contributed by atoms with Crippen LogP contribution in [0, 0.1) is 11.2 Å². The lowest BCUT2D eigenvalue weighted by atomic mass is 9.98. The van der Waals surface area contributed by atoms with E-state index in [4.69, 9.17) is 10.1 Å². The average Bonchev–Trinajstić information content (AvgIpc) is 3.21. The van der Waals surface area contributed by atoms with E-state index in [1.807, 2.05) is 0 Å². The third-order valence-electron chi connectivity index (χ3n) is 6.39. The largest absolute Gasteiger partial charge is 0.494 e. The van der Waals surface area contributed by atoms with Gasteiger partial charge in [-0.1, -0.05) is 6.07 Å². The zero-order valence-corrected chi connectivity index (χ0v) is 21.3. The zero-order chi connectivity index (χ0) is 28.5. The number of nitrogens with one attached hydrogen (secondary N) is 3. The summed E-state index contributed by atoms with van der Waals surface area (Å²) in [4.78, 5) is 38.4. The maximum Gasteiger partial charge on any atom is 0.321 e. The van der Waals surface area contributed by atoms with E-state index in [-0.39, 0.29) is 19.2 Å². The van der Waals surface area contributed by atoms with E-state index in [1.54, 1.807) is 37.5 Å². The lowest BCUT2D eigenvalue weighted by molar-refractivity contribution is -0.143. The molecule has 1 saturated heterocycles. The summed E-state index contributed by atoms with van der Waals surface area (Å²) in [5, 5.41) is 13.3. The molecule has 0 aliphatic carbocycles. The van der Waals surface area contributed by atoms with Gasteiger partial charge >= 0.3 is 5.92 Å². The molecule has 1 aliphatic rings. The number of alkyl halides is 2. The fraction of sp³-hybridized carbons (Fsp3) is 0.259. The van der Waals surface area contributed by atoms with Crippen LogP contribution in [0.2, 0.25) is 0 Å². The van der Waals surface area contributed by atoms with Crippen molar-refractivity contribution in [1.82, 2.24) is 9.88 Å². The Labute approximate surface area is 223 Å². The van der Waals surface area contributed by atoms with Gasteiger partial charge in [0.15, 0.2) is 11.6 Å². The molecule has 39 heavy (non-hydrogen) atoms. The molecule has 4 rings (SSSR count). The summed E-state index contributed by atoms with van der Waals surface area (Å²) in [6.45, 7) is 0.458. The number of anilines is 3. The Kier molecular flexibility index (Phi) is 7.48. The highest BCUT2D eigenvalue weighted by Gasteiger charge is 2.45. The first-order valence-corrected chi connectivity index (χ1v) is 11.9. The summed E-state index contributed by atoms with van der Waals surface area (Å²) in [7, 11) is 2.87. The van der Waals surface area contributed by atoms with Crippen molar-refractivity contribution in [2.24, 2.45) is 7.05 Å². The van der Waals surface area contributed by atoms with Gasteiger partial charge in [0.05, 0.1) is 24.9 Å². The highest BCUT2D eigenvalue weighted by atomic mass is 19.3. The molecule has 0 bridgehead atoms. The molecule has 0 unspecified atom stereocenters. The molecular formula is C27H28F3N5O4. The quantitative estimate of drug-likeness (QED) is 0.370. The lowest BCUT2D eigenvalue weighted by Gasteiger charge is -2.30. The number of rotatable bonds is 8. The van der Waals surface area contributed by atoms with Crippen LogP contribution in [0.5, 0.6) is 5.75 Å². The van der Waals surface area contributed by atoms with Gasteiger partial charge in [-0.15, -0.1) is 0 Å². The Balaban J connectivity index is 0.00000441. The number of aromatic nitrogens is 1. The number of carbonyl (C=O) groups is 2. The lowest BCUT2D eigenvalue weighted by Crippen LogP contribution is -2.46. The molecule has 0 saturated carbocycles. The molecule has 2 amide bonds. The van der Waals surface area contributed by atoms with E-state index in [0.29, 0.717) is 35.1 Å². The van der Waals surface area contributed by atoms with Gasteiger partial charge < -0.3 is 30.2 Å². The Hall–Kier alpha value is -4.61. The molecule has 2 atom stereocenters. The van der Waals surface area contributed by atoms with Gasteiger partial charge in [-0.25, -0.2) is 4.39 Å². The normalized spacial score (nSPS) is 17.2. The number of benzene rings is 2. The van der Waals surface area contributed by atoms with E-state index in [0.717, 1.165) is 12.3 Å². The number of nitrogens with zero attached hydrogens (tertiary/aromatic N) is 2. The standard InChI is InChI=1S/C27H26F3N5O4.H2/c1-27(29,30)26(38)33-21-12-24(37)35(25(21)15-4-7-19(28)22(11-15)39-3)18-6-8-20(16(10-18)13-31)32-17-5-9-23(36)34(2)14-17;/h4-11,13-14,21,25,31-32H,12H2,1-3H3,(H,33,38);1H/t21-,25+;/m1./s1. The van der Waals surface area contributed by atoms with Crippen LogP contribution in [0.25, 0.3) is 0 Å². The van der Waals surface area contributed by atoms with Gasteiger partial charge in [-0.3, -0.25) is 14.4 Å². The number of hydrogen-bond acceptors (Lipinski definition) is 6. The summed E-state index contributed by atoms with van der Waals surface area (Å²) in [5.41, 5.74) is 1.98. The molecule has 1 aliphatic heterocycles. The molecule has 1 fully saturated rings. The van der Waals surface area contributed by atoms with Crippen molar-refractivity contribution in [3.05, 3.63) is 82.0 Å². The SMILES string of the molecule is COc1cc([C@H]2[C@H](NC(=O)C(C)(F)F)CC(=O)N2c2ccc(Nc3ccc(=O)n(C)c3)c(C=N)c2)ccc1F.[HH]. The van der Waals surface area contributed by atoms with Gasteiger partial charge in [0.1, 0.15) is 0 Å². The van der Waals surface area contributed by atoms with Crippen LogP contribution in [0.1, 0.15) is 31.9 Å². The molecule has 3 aromatic rings. The molecule has 0 radical (unpaired) electrons. The van der Waals surface area contributed by atoms with Crippen LogP contribution in [-0.4, -0.2) is 41.7 Å². The van der Waals surface area contributed by atoms with Crippen LogP contribution >= 0.6 is 0 Å². The molecule has 1 aromatic heterocycles. The molecule has 2 heterocycles. The predicted octanol–water partition coefficient (Wildman–Crippen LogP) is 4.14. The summed E-state index contributed by atoms with van der Waals surface area (Å²) < 4.78 is 48.1. The van der Waals surface area contributed by atoms with Crippen LogP contribution < -0.4 is 25.8 Å². The Morgan fingerprint density at radius 1 is 1.18 bits per heavy atom. The summed E-state index contributed by atoms with van der Waals surface area (Å²) in [5.74, 6) is -6.46. The fourth-order valence-corrected chi connectivity index (χ4v) is 4.46. The number of amides is 2. The van der Waals surface area contributed by atoms with E-state index in [9.17, 15) is 27.6 Å². The van der Waals surface area contributed by atoms with Crippen LogP contribution in [0.4, 0.5) is 30.2 Å². The van der Waals surface area contributed by atoms with Gasteiger partial charge in [-0.2, -0.15) is 8.78 Å². The first-order chi connectivity index (χ1) is 18.4. The number of pyridine rings is 1. The molecular weight excluding hydrogens is 515 g/mol. The number of halogens is 3. The van der Waals surface area contributed by atoms with E-state index in [1.165, 1.54) is 34.8 Å². The second kappa shape index (κ2) is 10.6. The Bertz CT molecular complexity index is 1510. The van der Waals surface area contributed by atoms with Crippen molar-refractivity contribution in [2.75, 3.05) is 17.3 Å². The first-order valence-electron chi connectivity index (χ1n) is 11.9. The number of carbonyl (C=O) groups excluding carboxylic acids is 2. The minimum Gasteiger partial charge on any atom is -0.494 e. The van der Waals surface area contributed by atoms with E-state index < -0.39 is 35.6 Å². The number of ether oxygens (including phenoxy) is 1. The van der Waals surface area contributed by atoms with Crippen molar-refractivity contribution in [1.29, 1.82) is 5.41 Å². The second-order valence-electron chi connectivity index (χ2n) is 9.18. The van der Waals surface area contributed by atoms with Gasteiger partial charge in [0, 0.05) is 57.2 Å². The topological polar surface area (TPSA) is 117 Å². The van der Waals surface area contributed by atoms with E-state index >= 15 is 0 Å². The van der Waals surface area contributed by atoms with E-state index in [2.05, 4.69) is 10.6 Å². The number of methoxy groups -OCH3 is 1. The van der Waals surface area contributed by atoms with Crippen LogP contribution in [0.3, 0.4) is 0 Å². The van der Waals surface area contributed by atoms with Crippen molar-refractivity contribution in [3.63, 3.8) is 0 Å². The van der Waals surface area contributed by atoms with Crippen molar-refractivity contribution in [2.45, 2.75) is 31.4 Å². The molecule has 12 heteroatoms. The Morgan fingerprint density at radius 2 is 1.92 bits per heavy atom. The summed E-state index contributed by atoms with van der Waals surface area (Å²) in [6, 6.07) is 9.60. The smallest absolute Gasteiger partial charge is 0.321 e. The molecule has 3 N–H and O–H groups in total. The summed E-state index contributed by atoms with van der Waals surface area (Å²) >= 11 is 0. The minimum atomic E-state index is -3.68. The van der Waals surface area contributed by atoms with Crippen molar-refractivity contribution < 1.29 is 28.9 Å². The van der Waals surface area contributed by atoms with Gasteiger partial charge in [0.25, 0.3) is 5.91 Å². The monoisotopic (exact) mass is 543 g/mol. The molecule has 206 valence electrons. The Morgan fingerprint density at radius 3 is 2.56 bits per heavy atom. The predicted molar refractivity (Wildman–Crippen MR) is 142 cm³/mol. The first kappa shape index (κ1) is 27.4. The number of aryl methyl sites for hydroxylation is 1. The van der Waals surface area contributed by atoms with Crippen molar-refractivity contribution >= 4 is 35.1 Å². The van der Waals surface area contributed by atoms with Gasteiger partial charge in [-0.05, 0) is 42.0 Å². The molecule has 9 nitrogen and oxygen atoms in total. The minimum absolute atomic E-state index is 0. The third-order valence-corrected chi connectivity index (χ3v) is 6.39. The fourth-order valence-electron chi connectivity index (χ4n) is 4.46. The van der Waals surface area contributed by atoms with Crippen LogP contribution in [0.15, 0.2) is 59.5 Å².